The molecule has 0 aromatic carbocycles. The van der Waals surface area contributed by atoms with E-state index < -0.39 is 0 Å². The summed E-state index contributed by atoms with van der Waals surface area (Å²) in [5.74, 6) is 0. The first-order chi connectivity index (χ1) is 5.27. The fourth-order valence-electron chi connectivity index (χ4n) is 0.682. The maximum absolute atomic E-state index is 5.29. The highest BCUT2D eigenvalue weighted by Crippen LogP contribution is 1.91. The first-order valence-corrected chi connectivity index (χ1v) is 4.14. The quantitative estimate of drug-likeness (QED) is 0.422. The van der Waals surface area contributed by atoms with Gasteiger partial charge in [-0.05, 0) is 19.8 Å². The lowest BCUT2D eigenvalue weighted by molar-refractivity contribution is 0.161. The second-order valence-corrected chi connectivity index (χ2v) is 2.68. The summed E-state index contributed by atoms with van der Waals surface area (Å²) in [6, 6.07) is 0. The fourth-order valence-corrected chi connectivity index (χ4v) is 0.682. The summed E-state index contributed by atoms with van der Waals surface area (Å²) in [6.45, 7) is 9.35. The molecule has 0 bridgehead atoms. The van der Waals surface area contributed by atoms with E-state index in [1.807, 2.05) is 6.92 Å². The summed E-state index contributed by atoms with van der Waals surface area (Å²) in [6.07, 6.45) is 6.43. The second kappa shape index (κ2) is 7.55. The lowest BCUT2D eigenvalue weighted by Crippen LogP contribution is -1.95. The lowest BCUT2D eigenvalue weighted by Gasteiger charge is -1.99. The van der Waals surface area contributed by atoms with Crippen LogP contribution in [-0.2, 0) is 4.74 Å². The average Bonchev–Trinajstić information content (AvgIpc) is 1.96. The standard InChI is InChI=1S/C10H18O/c1-4-5-6-7-8-11-9-10(2)3/h5-6H,2,4,7-9H2,1,3H3/b6-5+. The van der Waals surface area contributed by atoms with Crippen molar-refractivity contribution in [2.75, 3.05) is 13.2 Å². The maximum Gasteiger partial charge on any atom is 0.0671 e. The summed E-state index contributed by atoms with van der Waals surface area (Å²) in [5.41, 5.74) is 1.09. The van der Waals surface area contributed by atoms with Crippen LogP contribution >= 0.6 is 0 Å². The van der Waals surface area contributed by atoms with Gasteiger partial charge in [0.05, 0.1) is 13.2 Å². The summed E-state index contributed by atoms with van der Waals surface area (Å²) in [4.78, 5) is 0. The van der Waals surface area contributed by atoms with Crippen molar-refractivity contribution >= 4 is 0 Å². The van der Waals surface area contributed by atoms with Crippen molar-refractivity contribution in [2.24, 2.45) is 0 Å². The Kier molecular flexibility index (Phi) is 7.16. The van der Waals surface area contributed by atoms with E-state index in [1.54, 1.807) is 0 Å². The van der Waals surface area contributed by atoms with Gasteiger partial charge in [0.2, 0.25) is 0 Å². The minimum Gasteiger partial charge on any atom is -0.377 e. The minimum absolute atomic E-state index is 0.694. The Labute approximate surface area is 69.8 Å². The normalized spacial score (nSPS) is 10.7. The SMILES string of the molecule is C=C(C)COCC/C=C/CC. The zero-order chi connectivity index (χ0) is 8.53. The van der Waals surface area contributed by atoms with Crippen LogP contribution in [-0.4, -0.2) is 13.2 Å². The van der Waals surface area contributed by atoms with Crippen molar-refractivity contribution in [3.63, 3.8) is 0 Å². The molecule has 0 rings (SSSR count). The molecule has 0 spiro atoms. The van der Waals surface area contributed by atoms with E-state index in [9.17, 15) is 0 Å². The average molecular weight is 154 g/mol. The Hall–Kier alpha value is -0.560. The van der Waals surface area contributed by atoms with Crippen molar-refractivity contribution < 1.29 is 4.74 Å². The van der Waals surface area contributed by atoms with Gasteiger partial charge in [0, 0.05) is 0 Å². The Balaban J connectivity index is 3.02. The predicted octanol–water partition coefficient (Wildman–Crippen LogP) is 2.94. The van der Waals surface area contributed by atoms with Crippen molar-refractivity contribution in [1.82, 2.24) is 0 Å². The molecule has 0 radical (unpaired) electrons. The fraction of sp³-hybridized carbons (Fsp3) is 0.600. The molecule has 0 aliphatic carbocycles. The molecule has 0 N–H and O–H groups in total. The van der Waals surface area contributed by atoms with E-state index in [0.717, 1.165) is 25.0 Å². The maximum atomic E-state index is 5.29. The van der Waals surface area contributed by atoms with Crippen LogP contribution in [0.2, 0.25) is 0 Å². The molecule has 1 nitrogen and oxygen atoms in total. The lowest BCUT2D eigenvalue weighted by atomic mass is 10.3. The van der Waals surface area contributed by atoms with E-state index in [1.165, 1.54) is 0 Å². The Morgan fingerprint density at radius 3 is 2.73 bits per heavy atom. The van der Waals surface area contributed by atoms with Gasteiger partial charge in [-0.2, -0.15) is 0 Å². The van der Waals surface area contributed by atoms with E-state index in [-0.39, 0.29) is 0 Å². The Bertz CT molecular complexity index is 125. The van der Waals surface area contributed by atoms with E-state index in [4.69, 9.17) is 4.74 Å². The number of ether oxygens (including phenoxy) is 1. The van der Waals surface area contributed by atoms with Gasteiger partial charge in [0.25, 0.3) is 0 Å². The smallest absolute Gasteiger partial charge is 0.0671 e. The number of hydrogen-bond acceptors (Lipinski definition) is 1. The molecule has 0 saturated heterocycles. The van der Waals surface area contributed by atoms with Gasteiger partial charge in [-0.3, -0.25) is 0 Å². The molecule has 0 atom stereocenters. The Morgan fingerprint density at radius 2 is 2.18 bits per heavy atom. The third-order valence-electron chi connectivity index (χ3n) is 1.18. The molecule has 0 saturated carbocycles. The third kappa shape index (κ3) is 9.44. The monoisotopic (exact) mass is 154 g/mol. The van der Waals surface area contributed by atoms with Crippen LogP contribution in [0.1, 0.15) is 26.7 Å². The van der Waals surface area contributed by atoms with Crippen LogP contribution in [0, 0.1) is 0 Å². The molecular weight excluding hydrogens is 136 g/mol. The van der Waals surface area contributed by atoms with Crippen molar-refractivity contribution in [3.05, 3.63) is 24.3 Å². The van der Waals surface area contributed by atoms with E-state index in [2.05, 4.69) is 25.7 Å². The van der Waals surface area contributed by atoms with Crippen LogP contribution < -0.4 is 0 Å². The van der Waals surface area contributed by atoms with Crippen LogP contribution in [0.3, 0.4) is 0 Å². The number of allylic oxidation sites excluding steroid dienone is 1. The second-order valence-electron chi connectivity index (χ2n) is 2.68. The summed E-state index contributed by atoms with van der Waals surface area (Å²) >= 11 is 0. The molecule has 0 aliphatic heterocycles. The van der Waals surface area contributed by atoms with Gasteiger partial charge in [0.15, 0.2) is 0 Å². The van der Waals surface area contributed by atoms with E-state index >= 15 is 0 Å². The van der Waals surface area contributed by atoms with Gasteiger partial charge in [-0.25, -0.2) is 0 Å². The first-order valence-electron chi connectivity index (χ1n) is 4.14. The van der Waals surface area contributed by atoms with Gasteiger partial charge in [-0.15, -0.1) is 0 Å². The van der Waals surface area contributed by atoms with Crippen molar-refractivity contribution in [1.29, 1.82) is 0 Å². The molecule has 0 amide bonds. The van der Waals surface area contributed by atoms with E-state index in [0.29, 0.717) is 6.61 Å². The highest BCUT2D eigenvalue weighted by Gasteiger charge is 1.84. The Morgan fingerprint density at radius 1 is 1.45 bits per heavy atom. The number of hydrogen-bond donors (Lipinski definition) is 0. The zero-order valence-corrected chi connectivity index (χ0v) is 7.60. The molecule has 0 heterocycles. The van der Waals surface area contributed by atoms with Gasteiger partial charge >= 0.3 is 0 Å². The summed E-state index contributed by atoms with van der Waals surface area (Å²) in [5, 5.41) is 0. The van der Waals surface area contributed by atoms with Gasteiger partial charge < -0.3 is 4.74 Å². The van der Waals surface area contributed by atoms with Crippen molar-refractivity contribution in [3.8, 4) is 0 Å². The zero-order valence-electron chi connectivity index (χ0n) is 7.60. The molecule has 0 fully saturated rings. The minimum atomic E-state index is 0.694. The highest BCUT2D eigenvalue weighted by molar-refractivity contribution is 4.87. The molecule has 64 valence electrons. The summed E-state index contributed by atoms with van der Waals surface area (Å²) < 4.78 is 5.29. The van der Waals surface area contributed by atoms with Crippen molar-refractivity contribution in [2.45, 2.75) is 26.7 Å². The van der Waals surface area contributed by atoms with Gasteiger partial charge in [0.1, 0.15) is 0 Å². The molecule has 0 aliphatic rings. The highest BCUT2D eigenvalue weighted by atomic mass is 16.5. The van der Waals surface area contributed by atoms with Crippen LogP contribution in [0.15, 0.2) is 24.3 Å². The molecule has 0 aromatic rings. The number of rotatable bonds is 6. The molecule has 11 heavy (non-hydrogen) atoms. The third-order valence-corrected chi connectivity index (χ3v) is 1.18. The predicted molar refractivity (Wildman–Crippen MR) is 49.7 cm³/mol. The van der Waals surface area contributed by atoms with Crippen LogP contribution in [0.5, 0.6) is 0 Å². The topological polar surface area (TPSA) is 9.23 Å². The van der Waals surface area contributed by atoms with Gasteiger partial charge in [-0.1, -0.05) is 31.2 Å². The molecule has 0 aromatic heterocycles. The molecule has 0 unspecified atom stereocenters. The largest absolute Gasteiger partial charge is 0.377 e. The molecular formula is C10H18O. The summed E-state index contributed by atoms with van der Waals surface area (Å²) in [7, 11) is 0. The molecule has 1 heteroatoms. The van der Waals surface area contributed by atoms with Crippen LogP contribution in [0.25, 0.3) is 0 Å². The van der Waals surface area contributed by atoms with Crippen LogP contribution in [0.4, 0.5) is 0 Å². The first kappa shape index (κ1) is 10.4.